The van der Waals surface area contributed by atoms with Gasteiger partial charge in [-0.05, 0) is 49.6 Å². The van der Waals surface area contributed by atoms with Gasteiger partial charge in [0.05, 0.1) is 12.6 Å². The average molecular weight is 429 g/mol. The molecule has 8 heteroatoms. The van der Waals surface area contributed by atoms with Crippen LogP contribution in [0.25, 0.3) is 0 Å². The Morgan fingerprint density at radius 3 is 2.68 bits per heavy atom. The van der Waals surface area contributed by atoms with Crippen LogP contribution >= 0.6 is 0 Å². The molecule has 1 aromatic carbocycles. The van der Waals surface area contributed by atoms with Gasteiger partial charge in [-0.15, -0.1) is 0 Å². The number of aliphatic hydroxyl groups is 1. The van der Waals surface area contributed by atoms with E-state index in [1.54, 1.807) is 17.0 Å². The largest absolute Gasteiger partial charge is 0.503 e. The minimum Gasteiger partial charge on any atom is -0.503 e. The van der Waals surface area contributed by atoms with Gasteiger partial charge in [-0.3, -0.25) is 14.6 Å². The summed E-state index contributed by atoms with van der Waals surface area (Å²) in [5.74, 6) is -2.80. The predicted molar refractivity (Wildman–Crippen MR) is 111 cm³/mol. The summed E-state index contributed by atoms with van der Waals surface area (Å²) in [6.07, 6.45) is 4.21. The number of hydrogen-bond donors (Lipinski definition) is 2. The van der Waals surface area contributed by atoms with Crippen molar-refractivity contribution in [1.82, 2.24) is 15.3 Å². The number of carbonyl (C=O) groups excluding carboxylic acids is 2. The Kier molecular flexibility index (Phi) is 5.66. The molecule has 31 heavy (non-hydrogen) atoms. The number of amides is 1. The molecule has 164 valence electrons. The third kappa shape index (κ3) is 3.87. The van der Waals surface area contributed by atoms with E-state index in [9.17, 15) is 23.5 Å². The number of ketones is 1. The predicted octanol–water partition coefficient (Wildman–Crippen LogP) is 3.26. The number of carbonyl (C=O) groups is 2. The Morgan fingerprint density at radius 2 is 2.00 bits per heavy atom. The van der Waals surface area contributed by atoms with Crippen molar-refractivity contribution in [3.05, 3.63) is 70.7 Å². The molecule has 2 unspecified atom stereocenters. The SMILES string of the molecule is CC(C)N1CC(C(C2=CCCC(F)=C2)c2cccc(F)c2)N2NCC(=O)C(O)=C2C1=O. The highest BCUT2D eigenvalue weighted by Gasteiger charge is 2.46. The normalized spacial score (nSPS) is 23.1. The van der Waals surface area contributed by atoms with Gasteiger partial charge in [-0.1, -0.05) is 18.2 Å². The van der Waals surface area contributed by atoms with Crippen LogP contribution in [-0.2, 0) is 9.59 Å². The maximum absolute atomic E-state index is 14.2. The standard InChI is InChI=1S/C23H25F2N3O3/c1-13(2)27-12-18(28-21(23(27)31)22(30)19(29)11-26-28)20(14-5-3-7-16(24)9-14)15-6-4-8-17(25)10-15/h3,5-7,9-10,13,18,20,26,30H,4,8,11-12H2,1-2H3. The molecule has 1 aromatic rings. The number of Topliss-reactive ketones (excluding diaryl/α,β-unsaturated/α-hetero) is 1. The van der Waals surface area contributed by atoms with E-state index < -0.39 is 35.2 Å². The van der Waals surface area contributed by atoms with Crippen molar-refractivity contribution in [3.8, 4) is 0 Å². The van der Waals surface area contributed by atoms with E-state index >= 15 is 0 Å². The minimum atomic E-state index is -0.587. The van der Waals surface area contributed by atoms with Crippen LogP contribution < -0.4 is 5.43 Å². The van der Waals surface area contributed by atoms with Gasteiger partial charge < -0.3 is 10.0 Å². The lowest BCUT2D eigenvalue weighted by molar-refractivity contribution is -0.140. The number of aliphatic hydroxyl groups excluding tert-OH is 1. The van der Waals surface area contributed by atoms with Crippen molar-refractivity contribution in [2.75, 3.05) is 13.1 Å². The molecule has 0 bridgehead atoms. The molecule has 2 aliphatic heterocycles. The Hall–Kier alpha value is -3.00. The molecular formula is C23H25F2N3O3. The summed E-state index contributed by atoms with van der Waals surface area (Å²) in [6, 6.07) is 5.41. The number of benzene rings is 1. The van der Waals surface area contributed by atoms with E-state index in [-0.39, 0.29) is 30.7 Å². The highest BCUT2D eigenvalue weighted by Crippen LogP contribution is 2.39. The zero-order valence-corrected chi connectivity index (χ0v) is 17.4. The van der Waals surface area contributed by atoms with E-state index in [0.29, 0.717) is 24.0 Å². The lowest BCUT2D eigenvalue weighted by atomic mass is 9.80. The first-order valence-corrected chi connectivity index (χ1v) is 10.4. The Morgan fingerprint density at radius 1 is 1.23 bits per heavy atom. The molecule has 4 rings (SSSR count). The summed E-state index contributed by atoms with van der Waals surface area (Å²) in [7, 11) is 0. The van der Waals surface area contributed by atoms with Gasteiger partial charge in [-0.2, -0.15) is 0 Å². The maximum atomic E-state index is 14.2. The quantitative estimate of drug-likeness (QED) is 0.769. The molecule has 0 radical (unpaired) electrons. The first kappa shape index (κ1) is 21.2. The fourth-order valence-corrected chi connectivity index (χ4v) is 4.50. The molecule has 1 amide bonds. The van der Waals surface area contributed by atoms with Gasteiger partial charge in [0.15, 0.2) is 11.5 Å². The Labute approximate surface area is 179 Å². The lowest BCUT2D eigenvalue weighted by Gasteiger charge is -2.49. The van der Waals surface area contributed by atoms with E-state index in [0.717, 1.165) is 0 Å². The van der Waals surface area contributed by atoms with E-state index in [2.05, 4.69) is 5.43 Å². The molecule has 6 nitrogen and oxygen atoms in total. The van der Waals surface area contributed by atoms with Gasteiger partial charge in [0.25, 0.3) is 5.91 Å². The van der Waals surface area contributed by atoms with Crippen LogP contribution in [0.1, 0.15) is 38.2 Å². The number of nitrogens with one attached hydrogen (secondary N) is 1. The molecule has 0 spiro atoms. The van der Waals surface area contributed by atoms with Gasteiger partial charge >= 0.3 is 0 Å². The summed E-state index contributed by atoms with van der Waals surface area (Å²) in [5.41, 5.74) is 4.12. The van der Waals surface area contributed by atoms with Crippen molar-refractivity contribution in [1.29, 1.82) is 0 Å². The number of allylic oxidation sites excluding steroid dienone is 3. The second-order valence-electron chi connectivity index (χ2n) is 8.31. The molecule has 1 fully saturated rings. The number of piperazine rings is 1. The first-order valence-electron chi connectivity index (χ1n) is 10.4. The number of halogens is 2. The Balaban J connectivity index is 1.88. The lowest BCUT2D eigenvalue weighted by Crippen LogP contribution is -2.65. The van der Waals surface area contributed by atoms with Crippen LogP contribution in [0.4, 0.5) is 8.78 Å². The molecule has 2 N–H and O–H groups in total. The topological polar surface area (TPSA) is 72.9 Å². The minimum absolute atomic E-state index is 0.122. The van der Waals surface area contributed by atoms with Crippen LogP contribution in [0, 0.1) is 5.82 Å². The van der Waals surface area contributed by atoms with Gasteiger partial charge in [0.1, 0.15) is 11.6 Å². The van der Waals surface area contributed by atoms with Crippen LogP contribution in [0.5, 0.6) is 0 Å². The molecular weight excluding hydrogens is 404 g/mol. The molecule has 3 aliphatic rings. The summed E-state index contributed by atoms with van der Waals surface area (Å²) < 4.78 is 28.4. The zero-order chi connectivity index (χ0) is 22.3. The molecule has 0 saturated carbocycles. The van der Waals surface area contributed by atoms with E-state index in [1.807, 2.05) is 19.9 Å². The summed E-state index contributed by atoms with van der Waals surface area (Å²) in [5, 5.41) is 12.0. The second-order valence-corrected chi connectivity index (χ2v) is 8.31. The second kappa shape index (κ2) is 8.26. The average Bonchev–Trinajstić information content (AvgIpc) is 2.72. The summed E-state index contributed by atoms with van der Waals surface area (Å²) in [6.45, 7) is 3.77. The van der Waals surface area contributed by atoms with E-state index in [4.69, 9.17) is 0 Å². The van der Waals surface area contributed by atoms with Crippen molar-refractivity contribution in [3.63, 3.8) is 0 Å². The maximum Gasteiger partial charge on any atom is 0.275 e. The van der Waals surface area contributed by atoms with Crippen molar-refractivity contribution < 1.29 is 23.5 Å². The number of hydrazine groups is 1. The fourth-order valence-electron chi connectivity index (χ4n) is 4.50. The van der Waals surface area contributed by atoms with Gasteiger partial charge in [0, 0.05) is 24.9 Å². The first-order chi connectivity index (χ1) is 14.8. The third-order valence-corrected chi connectivity index (χ3v) is 5.98. The third-order valence-electron chi connectivity index (χ3n) is 5.98. The van der Waals surface area contributed by atoms with Gasteiger partial charge in [0.2, 0.25) is 5.78 Å². The number of rotatable bonds is 4. The van der Waals surface area contributed by atoms with Crippen molar-refractivity contribution in [2.24, 2.45) is 0 Å². The monoisotopic (exact) mass is 429 g/mol. The molecule has 1 saturated heterocycles. The molecule has 2 atom stereocenters. The van der Waals surface area contributed by atoms with Crippen LogP contribution in [0.3, 0.4) is 0 Å². The highest BCUT2D eigenvalue weighted by molar-refractivity contribution is 6.05. The van der Waals surface area contributed by atoms with Crippen molar-refractivity contribution in [2.45, 2.75) is 44.7 Å². The molecule has 2 heterocycles. The number of fused-ring (bicyclic) bond motifs is 1. The number of hydrogen-bond acceptors (Lipinski definition) is 5. The fraction of sp³-hybridized carbons (Fsp3) is 0.391. The Bertz CT molecular complexity index is 1020. The molecule has 1 aliphatic carbocycles. The van der Waals surface area contributed by atoms with E-state index in [1.165, 1.54) is 23.2 Å². The highest BCUT2D eigenvalue weighted by atomic mass is 19.1. The van der Waals surface area contributed by atoms with Crippen LogP contribution in [0.15, 0.2) is 59.3 Å². The smallest absolute Gasteiger partial charge is 0.275 e. The number of nitrogens with zero attached hydrogens (tertiary/aromatic N) is 2. The zero-order valence-electron chi connectivity index (χ0n) is 17.4. The van der Waals surface area contributed by atoms with Crippen LogP contribution in [0.2, 0.25) is 0 Å². The van der Waals surface area contributed by atoms with Crippen LogP contribution in [-0.4, -0.2) is 51.9 Å². The molecule has 0 aromatic heterocycles. The van der Waals surface area contributed by atoms with Gasteiger partial charge in [-0.25, -0.2) is 14.2 Å². The van der Waals surface area contributed by atoms with Crippen molar-refractivity contribution >= 4 is 11.7 Å². The summed E-state index contributed by atoms with van der Waals surface area (Å²) in [4.78, 5) is 26.8. The summed E-state index contributed by atoms with van der Waals surface area (Å²) >= 11 is 0.